The van der Waals surface area contributed by atoms with Gasteiger partial charge in [0.05, 0.1) is 25.2 Å². The zero-order valence-electron chi connectivity index (χ0n) is 36.6. The lowest BCUT2D eigenvalue weighted by atomic mass is 10.0. The van der Waals surface area contributed by atoms with E-state index in [9.17, 15) is 19.8 Å². The largest absolute Gasteiger partial charge is 0.458 e. The summed E-state index contributed by atoms with van der Waals surface area (Å²) < 4.78 is 5.79. The molecule has 0 spiro atoms. The van der Waals surface area contributed by atoms with Gasteiger partial charge in [0.25, 0.3) is 0 Å². The van der Waals surface area contributed by atoms with E-state index in [1.807, 2.05) is 12.2 Å². The first-order chi connectivity index (χ1) is 27.0. The van der Waals surface area contributed by atoms with E-state index in [0.717, 1.165) is 57.8 Å². The lowest BCUT2D eigenvalue weighted by Gasteiger charge is -2.23. The number of rotatable bonds is 42. The monoisotopic (exact) mass is 774 g/mol. The smallest absolute Gasteiger partial charge is 0.306 e. The van der Waals surface area contributed by atoms with Crippen LogP contribution < -0.4 is 5.32 Å². The summed E-state index contributed by atoms with van der Waals surface area (Å²) in [4.78, 5) is 25.9. The van der Waals surface area contributed by atoms with Crippen LogP contribution >= 0.6 is 0 Å². The molecule has 0 aromatic carbocycles. The predicted molar refractivity (Wildman–Crippen MR) is 236 cm³/mol. The number of esters is 1. The van der Waals surface area contributed by atoms with Crippen molar-refractivity contribution in [3.63, 3.8) is 0 Å². The molecule has 322 valence electrons. The summed E-state index contributed by atoms with van der Waals surface area (Å²) in [5.41, 5.74) is 0. The number of carbonyl (C=O) groups is 2. The van der Waals surface area contributed by atoms with Crippen molar-refractivity contribution < 1.29 is 24.5 Å². The second kappa shape index (κ2) is 43.2. The molecule has 3 atom stereocenters. The molecular weight excluding hydrogens is 683 g/mol. The standard InChI is InChI=1S/C49H91NO5/c1-4-7-10-13-16-19-22-23-24-27-29-32-35-38-41-47(52)46(44-51)50-48(53)43-45(40-37-34-31-28-25-20-17-14-11-8-5-2)55-49(54)42-39-36-33-30-26-21-18-15-12-9-6-3/h15,18,28,31,37,40,45-47,51-52H,4-14,16-17,19-27,29-30,32-36,38-39,41-44H2,1-3H3,(H,50,53)/b18-15-,31-28-,40-37+. The van der Waals surface area contributed by atoms with Crippen LogP contribution in [0.2, 0.25) is 0 Å². The highest BCUT2D eigenvalue weighted by atomic mass is 16.5. The molecule has 0 heterocycles. The van der Waals surface area contributed by atoms with Gasteiger partial charge in [-0.2, -0.15) is 0 Å². The van der Waals surface area contributed by atoms with Gasteiger partial charge in [0, 0.05) is 6.42 Å². The van der Waals surface area contributed by atoms with Gasteiger partial charge in [0.1, 0.15) is 6.10 Å². The Balaban J connectivity index is 4.62. The minimum Gasteiger partial charge on any atom is -0.458 e. The molecule has 0 radical (unpaired) electrons. The average molecular weight is 774 g/mol. The van der Waals surface area contributed by atoms with E-state index in [2.05, 4.69) is 50.4 Å². The molecule has 0 aromatic heterocycles. The number of ether oxygens (including phenoxy) is 1. The highest BCUT2D eigenvalue weighted by molar-refractivity contribution is 5.78. The number of hydrogen-bond acceptors (Lipinski definition) is 5. The van der Waals surface area contributed by atoms with Gasteiger partial charge in [0.15, 0.2) is 0 Å². The van der Waals surface area contributed by atoms with Crippen molar-refractivity contribution in [1.29, 1.82) is 0 Å². The van der Waals surface area contributed by atoms with E-state index in [1.54, 1.807) is 0 Å². The van der Waals surface area contributed by atoms with Crippen LogP contribution in [0.3, 0.4) is 0 Å². The molecule has 6 heteroatoms. The van der Waals surface area contributed by atoms with Crippen molar-refractivity contribution in [2.45, 2.75) is 257 Å². The highest BCUT2D eigenvalue weighted by Crippen LogP contribution is 2.16. The third kappa shape index (κ3) is 38.7. The summed E-state index contributed by atoms with van der Waals surface area (Å²) in [6.45, 7) is 6.40. The van der Waals surface area contributed by atoms with E-state index in [4.69, 9.17) is 4.74 Å². The molecule has 6 nitrogen and oxygen atoms in total. The second-order valence-corrected chi connectivity index (χ2v) is 16.2. The Hall–Kier alpha value is -1.92. The maximum Gasteiger partial charge on any atom is 0.306 e. The lowest BCUT2D eigenvalue weighted by molar-refractivity contribution is -0.148. The third-order valence-electron chi connectivity index (χ3n) is 10.7. The van der Waals surface area contributed by atoms with Crippen LogP contribution in [0.5, 0.6) is 0 Å². The SMILES string of the molecule is CCCC/C=C\CCCCCCCC(=O)OC(/C=C/C/C=C\CCCCCCCC)CC(=O)NC(CO)C(O)CCCCCCCCCCCCCCCC. The molecule has 0 aromatic rings. The Morgan fingerprint density at radius 2 is 0.982 bits per heavy atom. The number of amides is 1. The van der Waals surface area contributed by atoms with Crippen molar-refractivity contribution in [2.75, 3.05) is 6.61 Å². The molecule has 3 unspecified atom stereocenters. The molecule has 0 aliphatic carbocycles. The quantitative estimate of drug-likeness (QED) is 0.0326. The summed E-state index contributed by atoms with van der Waals surface area (Å²) in [6, 6.07) is -0.730. The maximum absolute atomic E-state index is 13.1. The fourth-order valence-electron chi connectivity index (χ4n) is 7.02. The predicted octanol–water partition coefficient (Wildman–Crippen LogP) is 13.7. The molecule has 0 saturated heterocycles. The van der Waals surface area contributed by atoms with E-state index in [0.29, 0.717) is 12.8 Å². The van der Waals surface area contributed by atoms with E-state index >= 15 is 0 Å². The van der Waals surface area contributed by atoms with Crippen LogP contribution in [-0.2, 0) is 14.3 Å². The van der Waals surface area contributed by atoms with Crippen LogP contribution in [0.1, 0.15) is 239 Å². The van der Waals surface area contributed by atoms with Gasteiger partial charge in [-0.05, 0) is 57.4 Å². The number of unbranched alkanes of at least 4 members (excludes halogenated alkanes) is 26. The zero-order valence-corrected chi connectivity index (χ0v) is 36.6. The Morgan fingerprint density at radius 3 is 1.49 bits per heavy atom. The molecule has 0 rings (SSSR count). The molecule has 3 N–H and O–H groups in total. The van der Waals surface area contributed by atoms with Crippen molar-refractivity contribution in [1.82, 2.24) is 5.32 Å². The second-order valence-electron chi connectivity index (χ2n) is 16.2. The Labute approximate surface area is 341 Å². The Kier molecular flexibility index (Phi) is 41.7. The number of carbonyl (C=O) groups excluding carboxylic acids is 2. The zero-order chi connectivity index (χ0) is 40.3. The summed E-state index contributed by atoms with van der Waals surface area (Å²) >= 11 is 0. The minimum absolute atomic E-state index is 0.0302. The lowest BCUT2D eigenvalue weighted by Crippen LogP contribution is -2.46. The van der Waals surface area contributed by atoms with Crippen LogP contribution in [0.25, 0.3) is 0 Å². The normalized spacial score (nSPS) is 13.6. The number of hydrogen-bond donors (Lipinski definition) is 3. The van der Waals surface area contributed by atoms with Crippen LogP contribution in [-0.4, -0.2) is 46.9 Å². The van der Waals surface area contributed by atoms with Crippen molar-refractivity contribution in [3.05, 3.63) is 36.5 Å². The summed E-state index contributed by atoms with van der Waals surface area (Å²) in [6.07, 6.45) is 49.5. The summed E-state index contributed by atoms with van der Waals surface area (Å²) in [7, 11) is 0. The van der Waals surface area contributed by atoms with Crippen molar-refractivity contribution in [3.8, 4) is 0 Å². The van der Waals surface area contributed by atoms with Gasteiger partial charge >= 0.3 is 5.97 Å². The summed E-state index contributed by atoms with van der Waals surface area (Å²) in [5.74, 6) is -0.611. The van der Waals surface area contributed by atoms with Crippen LogP contribution in [0.15, 0.2) is 36.5 Å². The van der Waals surface area contributed by atoms with E-state index in [1.165, 1.54) is 141 Å². The Morgan fingerprint density at radius 1 is 0.545 bits per heavy atom. The number of aliphatic hydroxyl groups excluding tert-OH is 2. The first-order valence-electron chi connectivity index (χ1n) is 23.7. The molecular formula is C49H91NO5. The fraction of sp³-hybridized carbons (Fsp3) is 0.837. The molecule has 0 aliphatic rings. The van der Waals surface area contributed by atoms with Gasteiger partial charge < -0.3 is 20.3 Å². The Bertz CT molecular complexity index is 915. The molecule has 0 saturated carbocycles. The van der Waals surface area contributed by atoms with Gasteiger partial charge in [-0.3, -0.25) is 9.59 Å². The molecule has 0 fully saturated rings. The fourth-order valence-corrected chi connectivity index (χ4v) is 7.02. The topological polar surface area (TPSA) is 95.9 Å². The molecule has 0 bridgehead atoms. The van der Waals surface area contributed by atoms with Crippen LogP contribution in [0, 0.1) is 0 Å². The third-order valence-corrected chi connectivity index (χ3v) is 10.7. The first kappa shape index (κ1) is 53.1. The van der Waals surface area contributed by atoms with Gasteiger partial charge in [-0.25, -0.2) is 0 Å². The van der Waals surface area contributed by atoms with Gasteiger partial charge in [0.2, 0.25) is 5.91 Å². The summed E-state index contributed by atoms with van der Waals surface area (Å²) in [5, 5.41) is 23.6. The maximum atomic E-state index is 13.1. The highest BCUT2D eigenvalue weighted by Gasteiger charge is 2.23. The number of aliphatic hydroxyl groups is 2. The molecule has 55 heavy (non-hydrogen) atoms. The minimum atomic E-state index is -0.809. The van der Waals surface area contributed by atoms with Gasteiger partial charge in [-0.15, -0.1) is 0 Å². The first-order valence-corrected chi connectivity index (χ1v) is 23.7. The number of nitrogens with one attached hydrogen (secondary N) is 1. The molecule has 0 aliphatic heterocycles. The van der Waals surface area contributed by atoms with Crippen molar-refractivity contribution >= 4 is 11.9 Å². The van der Waals surface area contributed by atoms with Gasteiger partial charge in [-0.1, -0.05) is 205 Å². The number of allylic oxidation sites excluding steroid dienone is 5. The average Bonchev–Trinajstić information content (AvgIpc) is 3.18. The van der Waals surface area contributed by atoms with Crippen LogP contribution in [0.4, 0.5) is 0 Å². The van der Waals surface area contributed by atoms with E-state index in [-0.39, 0.29) is 24.9 Å². The molecule has 1 amide bonds. The van der Waals surface area contributed by atoms with Crippen molar-refractivity contribution in [2.24, 2.45) is 0 Å². The van der Waals surface area contributed by atoms with E-state index < -0.39 is 18.2 Å².